The Labute approximate surface area is 116 Å². The fourth-order valence-electron chi connectivity index (χ4n) is 2.73. The van der Waals surface area contributed by atoms with Crippen LogP contribution in [0.15, 0.2) is 18.3 Å². The van der Waals surface area contributed by atoms with Crippen molar-refractivity contribution in [2.24, 2.45) is 0 Å². The first-order valence-corrected chi connectivity index (χ1v) is 7.27. The summed E-state index contributed by atoms with van der Waals surface area (Å²) in [6.07, 6.45) is 5.48. The molecule has 0 bridgehead atoms. The summed E-state index contributed by atoms with van der Waals surface area (Å²) < 4.78 is 5.34. The van der Waals surface area contributed by atoms with Crippen LogP contribution in [0.25, 0.3) is 0 Å². The second-order valence-corrected chi connectivity index (χ2v) is 5.20. The van der Waals surface area contributed by atoms with Gasteiger partial charge in [-0.25, -0.2) is 4.98 Å². The number of aromatic nitrogens is 1. The average Bonchev–Trinajstić information content (AvgIpc) is 2.65. The molecule has 4 nitrogen and oxygen atoms in total. The summed E-state index contributed by atoms with van der Waals surface area (Å²) in [7, 11) is 1.69. The molecule has 2 rings (SSSR count). The number of pyridine rings is 1. The highest BCUT2D eigenvalue weighted by Gasteiger charge is 2.18. The zero-order chi connectivity index (χ0) is 13.5. The minimum atomic E-state index is 0.621. The maximum Gasteiger partial charge on any atom is 0.217 e. The Bertz CT molecular complexity index is 383. The minimum Gasteiger partial charge on any atom is -0.481 e. The van der Waals surface area contributed by atoms with Gasteiger partial charge in [-0.1, -0.05) is 19.4 Å². The standard InChI is InChI=1S/C15H25N3O/c1-3-6-14-12-18(10-5-9-16-14)11-13-7-4-8-17-15(13)19-2/h4,7-8,14,16H,3,5-6,9-12H2,1-2H3. The Morgan fingerprint density at radius 1 is 1.53 bits per heavy atom. The Hall–Kier alpha value is -1.13. The Balaban J connectivity index is 2.00. The van der Waals surface area contributed by atoms with E-state index < -0.39 is 0 Å². The average molecular weight is 263 g/mol. The van der Waals surface area contributed by atoms with Gasteiger partial charge in [-0.2, -0.15) is 0 Å². The molecular weight excluding hydrogens is 238 g/mol. The largest absolute Gasteiger partial charge is 0.481 e. The number of rotatable bonds is 5. The molecule has 0 radical (unpaired) electrons. The lowest BCUT2D eigenvalue weighted by molar-refractivity contribution is 0.250. The molecule has 1 atom stereocenters. The van der Waals surface area contributed by atoms with Crippen LogP contribution in [0.3, 0.4) is 0 Å². The van der Waals surface area contributed by atoms with E-state index in [0.29, 0.717) is 6.04 Å². The van der Waals surface area contributed by atoms with Crippen molar-refractivity contribution in [2.75, 3.05) is 26.7 Å². The molecule has 0 aliphatic carbocycles. The third-order valence-corrected chi connectivity index (χ3v) is 3.64. The van der Waals surface area contributed by atoms with E-state index in [1.54, 1.807) is 13.3 Å². The molecule has 1 aromatic heterocycles. The molecule has 0 aromatic carbocycles. The van der Waals surface area contributed by atoms with Crippen molar-refractivity contribution in [3.8, 4) is 5.88 Å². The van der Waals surface area contributed by atoms with Gasteiger partial charge >= 0.3 is 0 Å². The van der Waals surface area contributed by atoms with Crippen LogP contribution in [0, 0.1) is 0 Å². The molecule has 1 N–H and O–H groups in total. The van der Waals surface area contributed by atoms with Gasteiger partial charge in [0.05, 0.1) is 7.11 Å². The second kappa shape index (κ2) is 7.46. The van der Waals surface area contributed by atoms with Crippen molar-refractivity contribution >= 4 is 0 Å². The van der Waals surface area contributed by atoms with Crippen LogP contribution in [-0.2, 0) is 6.54 Å². The first-order valence-electron chi connectivity index (χ1n) is 7.27. The molecule has 1 saturated heterocycles. The smallest absolute Gasteiger partial charge is 0.217 e. The molecule has 1 fully saturated rings. The monoisotopic (exact) mass is 263 g/mol. The molecular formula is C15H25N3O. The maximum atomic E-state index is 5.34. The summed E-state index contributed by atoms with van der Waals surface area (Å²) in [4.78, 5) is 6.79. The number of hydrogen-bond acceptors (Lipinski definition) is 4. The zero-order valence-electron chi connectivity index (χ0n) is 12.1. The van der Waals surface area contributed by atoms with Crippen LogP contribution in [0.4, 0.5) is 0 Å². The van der Waals surface area contributed by atoms with E-state index >= 15 is 0 Å². The van der Waals surface area contributed by atoms with E-state index in [9.17, 15) is 0 Å². The van der Waals surface area contributed by atoms with Gasteiger partial charge in [-0.15, -0.1) is 0 Å². The summed E-state index contributed by atoms with van der Waals surface area (Å²) in [5.41, 5.74) is 1.18. The summed E-state index contributed by atoms with van der Waals surface area (Å²) in [6, 6.07) is 4.71. The molecule has 0 saturated carbocycles. The Morgan fingerprint density at radius 3 is 3.21 bits per heavy atom. The van der Waals surface area contributed by atoms with Crippen molar-refractivity contribution in [3.63, 3.8) is 0 Å². The number of hydrogen-bond donors (Lipinski definition) is 1. The first kappa shape index (κ1) is 14.3. The van der Waals surface area contributed by atoms with Gasteiger partial charge in [-0.05, 0) is 32.0 Å². The maximum absolute atomic E-state index is 5.34. The number of nitrogens with zero attached hydrogens (tertiary/aromatic N) is 2. The molecule has 1 aliphatic rings. The molecule has 0 amide bonds. The highest BCUT2D eigenvalue weighted by molar-refractivity contribution is 5.25. The molecule has 19 heavy (non-hydrogen) atoms. The van der Waals surface area contributed by atoms with Gasteiger partial charge in [0, 0.05) is 30.9 Å². The molecule has 1 aliphatic heterocycles. The Kier molecular flexibility index (Phi) is 5.61. The predicted molar refractivity (Wildman–Crippen MR) is 77.4 cm³/mol. The zero-order valence-corrected chi connectivity index (χ0v) is 12.1. The van der Waals surface area contributed by atoms with E-state index in [-0.39, 0.29) is 0 Å². The molecule has 1 aromatic rings. The van der Waals surface area contributed by atoms with Crippen LogP contribution < -0.4 is 10.1 Å². The molecule has 4 heteroatoms. The highest BCUT2D eigenvalue weighted by Crippen LogP contribution is 2.17. The normalized spacial score (nSPS) is 21.1. The van der Waals surface area contributed by atoms with Crippen LogP contribution >= 0.6 is 0 Å². The summed E-state index contributed by atoms with van der Waals surface area (Å²) in [5, 5.41) is 3.64. The van der Waals surface area contributed by atoms with Crippen LogP contribution in [-0.4, -0.2) is 42.7 Å². The minimum absolute atomic E-state index is 0.621. The molecule has 106 valence electrons. The van der Waals surface area contributed by atoms with Gasteiger partial charge in [0.2, 0.25) is 5.88 Å². The third kappa shape index (κ3) is 4.18. The highest BCUT2D eigenvalue weighted by atomic mass is 16.5. The fourth-order valence-corrected chi connectivity index (χ4v) is 2.73. The van der Waals surface area contributed by atoms with E-state index in [4.69, 9.17) is 4.74 Å². The van der Waals surface area contributed by atoms with Gasteiger partial charge in [0.1, 0.15) is 0 Å². The van der Waals surface area contributed by atoms with Crippen molar-refractivity contribution in [1.82, 2.24) is 15.2 Å². The predicted octanol–water partition coefficient (Wildman–Crippen LogP) is 2.05. The lowest BCUT2D eigenvalue weighted by Gasteiger charge is -2.24. The van der Waals surface area contributed by atoms with Crippen LogP contribution in [0.1, 0.15) is 31.7 Å². The van der Waals surface area contributed by atoms with Gasteiger partial charge in [-0.3, -0.25) is 4.90 Å². The molecule has 2 heterocycles. The number of nitrogens with one attached hydrogen (secondary N) is 1. The van der Waals surface area contributed by atoms with Crippen LogP contribution in [0.5, 0.6) is 5.88 Å². The van der Waals surface area contributed by atoms with Gasteiger partial charge in [0.15, 0.2) is 0 Å². The summed E-state index contributed by atoms with van der Waals surface area (Å²) in [6.45, 7) is 6.57. The lowest BCUT2D eigenvalue weighted by atomic mass is 10.1. The van der Waals surface area contributed by atoms with E-state index in [1.165, 1.54) is 24.8 Å². The van der Waals surface area contributed by atoms with Crippen molar-refractivity contribution in [1.29, 1.82) is 0 Å². The second-order valence-electron chi connectivity index (χ2n) is 5.20. The number of ether oxygens (including phenoxy) is 1. The quantitative estimate of drug-likeness (QED) is 0.882. The van der Waals surface area contributed by atoms with Crippen molar-refractivity contribution in [3.05, 3.63) is 23.9 Å². The first-order chi connectivity index (χ1) is 9.33. The fraction of sp³-hybridized carbons (Fsp3) is 0.667. The van der Waals surface area contributed by atoms with E-state index in [1.807, 2.05) is 6.07 Å². The van der Waals surface area contributed by atoms with Gasteiger partial charge < -0.3 is 10.1 Å². The third-order valence-electron chi connectivity index (χ3n) is 3.64. The van der Waals surface area contributed by atoms with Gasteiger partial charge in [0.25, 0.3) is 0 Å². The van der Waals surface area contributed by atoms with Crippen molar-refractivity contribution in [2.45, 2.75) is 38.8 Å². The topological polar surface area (TPSA) is 37.4 Å². The number of methoxy groups -OCH3 is 1. The molecule has 1 unspecified atom stereocenters. The van der Waals surface area contributed by atoms with E-state index in [2.05, 4.69) is 28.2 Å². The summed E-state index contributed by atoms with van der Waals surface area (Å²) >= 11 is 0. The summed E-state index contributed by atoms with van der Waals surface area (Å²) in [5.74, 6) is 0.756. The lowest BCUT2D eigenvalue weighted by Crippen LogP contribution is -2.37. The van der Waals surface area contributed by atoms with Crippen molar-refractivity contribution < 1.29 is 4.74 Å². The Morgan fingerprint density at radius 2 is 2.42 bits per heavy atom. The SMILES string of the molecule is CCCC1CN(Cc2cccnc2OC)CCCN1. The van der Waals surface area contributed by atoms with E-state index in [0.717, 1.165) is 32.1 Å². The van der Waals surface area contributed by atoms with Crippen LogP contribution in [0.2, 0.25) is 0 Å². The molecule has 0 spiro atoms.